The Morgan fingerprint density at radius 3 is 2.32 bits per heavy atom. The summed E-state index contributed by atoms with van der Waals surface area (Å²) >= 11 is 1.47. The molecule has 1 aliphatic rings. The molecule has 1 aliphatic heterocycles. The van der Waals surface area contributed by atoms with Crippen LogP contribution in [0.4, 0.5) is 5.69 Å². The first kappa shape index (κ1) is 23.9. The Balaban J connectivity index is 1.41. The summed E-state index contributed by atoms with van der Waals surface area (Å²) in [5.41, 5.74) is 1.75. The second kappa shape index (κ2) is 9.94. The van der Waals surface area contributed by atoms with E-state index in [9.17, 15) is 18.0 Å². The summed E-state index contributed by atoms with van der Waals surface area (Å²) in [6.45, 7) is 3.55. The van der Waals surface area contributed by atoms with Gasteiger partial charge in [-0.25, -0.2) is 13.4 Å². The second-order valence-electron chi connectivity index (χ2n) is 8.07. The van der Waals surface area contributed by atoms with Crippen molar-refractivity contribution in [2.45, 2.75) is 18.2 Å². The van der Waals surface area contributed by atoms with Gasteiger partial charge in [0.15, 0.2) is 0 Å². The zero-order chi connectivity index (χ0) is 24.3. The number of anilines is 1. The number of para-hydroxylation sites is 1. The van der Waals surface area contributed by atoms with Crippen molar-refractivity contribution in [3.8, 4) is 0 Å². The second-order valence-corrected chi connectivity index (χ2v) is 11.0. The van der Waals surface area contributed by atoms with Gasteiger partial charge in [0.1, 0.15) is 5.01 Å². The molecule has 1 aromatic heterocycles. The maximum absolute atomic E-state index is 13.1. The number of rotatable bonds is 6. The third-order valence-corrected chi connectivity index (χ3v) is 8.50. The quantitative estimate of drug-likeness (QED) is 0.521. The highest BCUT2D eigenvalue weighted by atomic mass is 32.2. The molecule has 2 aromatic carbocycles. The number of sulfonamides is 1. The topological polar surface area (TPSA) is 90.9 Å². The van der Waals surface area contributed by atoms with Gasteiger partial charge in [-0.1, -0.05) is 24.3 Å². The summed E-state index contributed by atoms with van der Waals surface area (Å²) in [6, 6.07) is 14.9. The van der Waals surface area contributed by atoms with Crippen LogP contribution in [0.15, 0.2) is 64.9 Å². The van der Waals surface area contributed by atoms with Gasteiger partial charge in [-0.05, 0) is 37.3 Å². The molecule has 0 atom stereocenters. The first-order chi connectivity index (χ1) is 16.3. The van der Waals surface area contributed by atoms with Crippen LogP contribution in [0.25, 0.3) is 0 Å². The monoisotopic (exact) mass is 498 g/mol. The third kappa shape index (κ3) is 5.13. The fourth-order valence-corrected chi connectivity index (χ4v) is 5.80. The zero-order valence-corrected chi connectivity index (χ0v) is 20.7. The van der Waals surface area contributed by atoms with Crippen LogP contribution in [0.1, 0.15) is 21.1 Å². The van der Waals surface area contributed by atoms with Crippen LogP contribution in [0.3, 0.4) is 0 Å². The van der Waals surface area contributed by atoms with Crippen molar-refractivity contribution >= 4 is 38.9 Å². The number of amides is 2. The molecule has 0 radical (unpaired) electrons. The Hall–Kier alpha value is -3.24. The van der Waals surface area contributed by atoms with Gasteiger partial charge in [-0.15, -0.1) is 11.3 Å². The molecule has 178 valence electrons. The molecular weight excluding hydrogens is 472 g/mol. The minimum atomic E-state index is -3.82. The van der Waals surface area contributed by atoms with Gasteiger partial charge in [0.2, 0.25) is 5.91 Å². The number of benzene rings is 2. The van der Waals surface area contributed by atoms with Crippen LogP contribution >= 0.6 is 11.3 Å². The predicted molar refractivity (Wildman–Crippen MR) is 132 cm³/mol. The van der Waals surface area contributed by atoms with Crippen molar-refractivity contribution in [2.24, 2.45) is 0 Å². The summed E-state index contributed by atoms with van der Waals surface area (Å²) in [5, 5.41) is 2.71. The fraction of sp³-hybridized carbons (Fsp3) is 0.292. The molecule has 2 heterocycles. The van der Waals surface area contributed by atoms with E-state index in [2.05, 4.69) is 4.98 Å². The highest BCUT2D eigenvalue weighted by molar-refractivity contribution is 7.92. The number of piperazine rings is 1. The normalized spacial score (nSPS) is 14.2. The average molecular weight is 499 g/mol. The first-order valence-corrected chi connectivity index (χ1v) is 13.2. The van der Waals surface area contributed by atoms with Crippen LogP contribution < -0.4 is 4.31 Å². The molecule has 1 fully saturated rings. The van der Waals surface area contributed by atoms with Gasteiger partial charge in [-0.3, -0.25) is 13.9 Å². The SMILES string of the molecule is Cc1csc(CC(=O)N2CCN(C(=O)c3cccc(S(=O)(=O)N(C)c4ccccc4)c3)CC2)n1. The minimum absolute atomic E-state index is 0.00140. The van der Waals surface area contributed by atoms with Crippen molar-refractivity contribution in [1.29, 1.82) is 0 Å². The molecule has 0 saturated carbocycles. The van der Waals surface area contributed by atoms with E-state index in [0.29, 0.717) is 37.4 Å². The molecule has 0 N–H and O–H groups in total. The number of aryl methyl sites for hydroxylation is 1. The van der Waals surface area contributed by atoms with Gasteiger partial charge in [0, 0.05) is 49.9 Å². The molecule has 0 spiro atoms. The first-order valence-electron chi connectivity index (χ1n) is 10.9. The molecule has 0 unspecified atom stereocenters. The molecule has 3 aromatic rings. The molecule has 34 heavy (non-hydrogen) atoms. The lowest BCUT2D eigenvalue weighted by atomic mass is 10.2. The smallest absolute Gasteiger partial charge is 0.264 e. The summed E-state index contributed by atoms with van der Waals surface area (Å²) in [5.74, 6) is -0.249. The number of hydrogen-bond donors (Lipinski definition) is 0. The van der Waals surface area contributed by atoms with Gasteiger partial charge < -0.3 is 9.80 Å². The molecule has 10 heteroatoms. The lowest BCUT2D eigenvalue weighted by Gasteiger charge is -2.34. The van der Waals surface area contributed by atoms with Crippen LogP contribution in [0.2, 0.25) is 0 Å². The van der Waals surface area contributed by atoms with Crippen LogP contribution in [-0.4, -0.2) is 68.2 Å². The number of carbonyl (C=O) groups is 2. The molecule has 1 saturated heterocycles. The summed E-state index contributed by atoms with van der Waals surface area (Å²) in [6.07, 6.45) is 0.265. The average Bonchev–Trinajstić information content (AvgIpc) is 3.28. The highest BCUT2D eigenvalue weighted by Gasteiger charge is 2.27. The van der Waals surface area contributed by atoms with E-state index in [1.165, 1.54) is 34.8 Å². The molecule has 8 nitrogen and oxygen atoms in total. The summed E-state index contributed by atoms with van der Waals surface area (Å²) in [7, 11) is -2.33. The standard InChI is InChI=1S/C24H26N4O4S2/c1-18-17-33-22(25-18)16-23(29)27-11-13-28(14-12-27)24(30)19-7-6-10-21(15-19)34(31,32)26(2)20-8-4-3-5-9-20/h3-10,15,17H,11-14,16H2,1-2H3. The van der Waals surface area contributed by atoms with Gasteiger partial charge in [-0.2, -0.15) is 0 Å². The number of nitrogens with zero attached hydrogens (tertiary/aromatic N) is 4. The van der Waals surface area contributed by atoms with Crippen LogP contribution in [-0.2, 0) is 21.2 Å². The van der Waals surface area contributed by atoms with E-state index in [0.717, 1.165) is 10.7 Å². The number of aromatic nitrogens is 1. The Kier molecular flexibility index (Phi) is 6.99. The molecule has 4 rings (SSSR count). The van der Waals surface area contributed by atoms with Gasteiger partial charge in [0.05, 0.1) is 17.0 Å². The summed E-state index contributed by atoms with van der Waals surface area (Å²) < 4.78 is 27.4. The van der Waals surface area contributed by atoms with E-state index >= 15 is 0 Å². The summed E-state index contributed by atoms with van der Waals surface area (Å²) in [4.78, 5) is 33.5. The third-order valence-electron chi connectivity index (χ3n) is 5.75. The van der Waals surface area contributed by atoms with Gasteiger partial charge >= 0.3 is 0 Å². The molecule has 0 aliphatic carbocycles. The van der Waals surface area contributed by atoms with Crippen molar-refractivity contribution in [1.82, 2.24) is 14.8 Å². The van der Waals surface area contributed by atoms with Crippen LogP contribution in [0, 0.1) is 6.92 Å². The maximum atomic E-state index is 13.1. The Morgan fingerprint density at radius 1 is 1.00 bits per heavy atom. The fourth-order valence-electron chi connectivity index (χ4n) is 3.79. The van der Waals surface area contributed by atoms with E-state index in [1.54, 1.807) is 46.2 Å². The van der Waals surface area contributed by atoms with Crippen molar-refractivity contribution in [3.05, 3.63) is 76.2 Å². The Labute approximate surface area is 203 Å². The van der Waals surface area contributed by atoms with E-state index in [-0.39, 0.29) is 23.1 Å². The van der Waals surface area contributed by atoms with Crippen molar-refractivity contribution in [2.75, 3.05) is 37.5 Å². The predicted octanol–water partition coefficient (Wildman–Crippen LogP) is 2.80. The highest BCUT2D eigenvalue weighted by Crippen LogP contribution is 2.23. The molecular formula is C24H26N4O4S2. The Bertz CT molecular complexity index is 1280. The molecule has 2 amide bonds. The van der Waals surface area contributed by atoms with Crippen molar-refractivity contribution in [3.63, 3.8) is 0 Å². The van der Waals surface area contributed by atoms with Crippen LogP contribution in [0.5, 0.6) is 0 Å². The minimum Gasteiger partial charge on any atom is -0.339 e. The zero-order valence-electron chi connectivity index (χ0n) is 19.0. The molecule has 0 bridgehead atoms. The lowest BCUT2D eigenvalue weighted by molar-refractivity contribution is -0.131. The van der Waals surface area contributed by atoms with E-state index in [4.69, 9.17) is 0 Å². The lowest BCUT2D eigenvalue weighted by Crippen LogP contribution is -2.51. The van der Waals surface area contributed by atoms with Gasteiger partial charge in [0.25, 0.3) is 15.9 Å². The number of carbonyl (C=O) groups excluding carboxylic acids is 2. The van der Waals surface area contributed by atoms with E-state index in [1.807, 2.05) is 18.4 Å². The number of hydrogen-bond acceptors (Lipinski definition) is 6. The maximum Gasteiger partial charge on any atom is 0.264 e. The number of thiazole rings is 1. The van der Waals surface area contributed by atoms with Crippen molar-refractivity contribution < 1.29 is 18.0 Å². The Morgan fingerprint density at radius 2 is 1.68 bits per heavy atom. The van der Waals surface area contributed by atoms with E-state index < -0.39 is 10.0 Å². The largest absolute Gasteiger partial charge is 0.339 e.